The summed E-state index contributed by atoms with van der Waals surface area (Å²) in [4.78, 5) is 0. The van der Waals surface area contributed by atoms with Gasteiger partial charge in [0.05, 0.1) is 19.3 Å². The minimum Gasteiger partial charge on any atom is -0.494 e. The molecule has 0 bridgehead atoms. The third-order valence-electron chi connectivity index (χ3n) is 3.05. The normalized spacial score (nSPS) is 20.7. The van der Waals surface area contributed by atoms with E-state index in [9.17, 15) is 5.11 Å². The van der Waals surface area contributed by atoms with Crippen molar-refractivity contribution in [1.29, 1.82) is 0 Å². The maximum atomic E-state index is 9.95. The molecular weight excluding hydrogens is 232 g/mol. The van der Waals surface area contributed by atoms with Crippen molar-refractivity contribution in [2.75, 3.05) is 26.4 Å². The van der Waals surface area contributed by atoms with Crippen molar-refractivity contribution in [2.45, 2.75) is 19.4 Å². The Bertz CT molecular complexity index is 361. The molecule has 1 aliphatic heterocycles. The Morgan fingerprint density at radius 2 is 2.17 bits per heavy atom. The molecule has 4 heteroatoms. The van der Waals surface area contributed by atoms with Crippen molar-refractivity contribution < 1.29 is 19.3 Å². The molecule has 0 aliphatic carbocycles. The van der Waals surface area contributed by atoms with E-state index in [4.69, 9.17) is 14.2 Å². The minimum atomic E-state index is -0.469. The van der Waals surface area contributed by atoms with Crippen LogP contribution in [0.4, 0.5) is 0 Å². The first-order chi connectivity index (χ1) is 8.79. The van der Waals surface area contributed by atoms with E-state index >= 15 is 0 Å². The number of hydrogen-bond acceptors (Lipinski definition) is 4. The molecular formula is C14H20O4. The third kappa shape index (κ3) is 3.62. The van der Waals surface area contributed by atoms with Crippen LogP contribution in [0.15, 0.2) is 24.3 Å². The molecule has 1 N–H and O–H groups in total. The van der Waals surface area contributed by atoms with Gasteiger partial charge in [-0.05, 0) is 25.5 Å². The van der Waals surface area contributed by atoms with Crippen LogP contribution in [0.25, 0.3) is 0 Å². The Labute approximate surface area is 107 Å². The highest BCUT2D eigenvalue weighted by Crippen LogP contribution is 2.21. The van der Waals surface area contributed by atoms with Crippen molar-refractivity contribution in [3.8, 4) is 11.5 Å². The lowest BCUT2D eigenvalue weighted by Gasteiger charge is -2.17. The van der Waals surface area contributed by atoms with Gasteiger partial charge in [0.15, 0.2) is 0 Å². The molecule has 2 unspecified atom stereocenters. The van der Waals surface area contributed by atoms with Gasteiger partial charge in [0.2, 0.25) is 0 Å². The van der Waals surface area contributed by atoms with Crippen LogP contribution in [0.2, 0.25) is 0 Å². The summed E-state index contributed by atoms with van der Waals surface area (Å²) in [6.07, 6.45) is 0.437. The lowest BCUT2D eigenvalue weighted by atomic mass is 10.0. The van der Waals surface area contributed by atoms with Gasteiger partial charge in [-0.3, -0.25) is 0 Å². The van der Waals surface area contributed by atoms with Crippen molar-refractivity contribution in [2.24, 2.45) is 5.92 Å². The van der Waals surface area contributed by atoms with Gasteiger partial charge >= 0.3 is 0 Å². The Morgan fingerprint density at radius 3 is 2.83 bits per heavy atom. The monoisotopic (exact) mass is 252 g/mol. The Balaban J connectivity index is 1.83. The number of aliphatic hydroxyl groups is 1. The molecule has 0 saturated carbocycles. The van der Waals surface area contributed by atoms with Crippen LogP contribution in [0.3, 0.4) is 0 Å². The zero-order chi connectivity index (χ0) is 12.8. The summed E-state index contributed by atoms with van der Waals surface area (Å²) in [7, 11) is 0. The molecule has 0 aromatic heterocycles. The molecule has 18 heavy (non-hydrogen) atoms. The summed E-state index contributed by atoms with van der Waals surface area (Å²) in [5.74, 6) is 1.70. The van der Waals surface area contributed by atoms with E-state index in [1.54, 1.807) is 0 Å². The number of ether oxygens (including phenoxy) is 3. The van der Waals surface area contributed by atoms with Gasteiger partial charge in [0.1, 0.15) is 18.1 Å². The largest absolute Gasteiger partial charge is 0.494 e. The Hall–Kier alpha value is -1.26. The van der Waals surface area contributed by atoms with Crippen LogP contribution in [0, 0.1) is 5.92 Å². The van der Waals surface area contributed by atoms with Crippen LogP contribution in [0.5, 0.6) is 11.5 Å². The average molecular weight is 252 g/mol. The van der Waals surface area contributed by atoms with Gasteiger partial charge in [-0.1, -0.05) is 6.07 Å². The molecule has 0 spiro atoms. The second-order valence-corrected chi connectivity index (χ2v) is 4.41. The lowest BCUT2D eigenvalue weighted by Crippen LogP contribution is -2.27. The number of benzene rings is 1. The SMILES string of the molecule is CCOc1cccc(OCC(O)C2CCOC2)c1. The molecule has 1 fully saturated rings. The van der Waals surface area contributed by atoms with E-state index in [2.05, 4.69) is 0 Å². The minimum absolute atomic E-state index is 0.195. The van der Waals surface area contributed by atoms with Gasteiger partial charge in [-0.2, -0.15) is 0 Å². The molecule has 1 heterocycles. The summed E-state index contributed by atoms with van der Waals surface area (Å²) < 4.78 is 16.2. The van der Waals surface area contributed by atoms with Crippen LogP contribution < -0.4 is 9.47 Å². The summed E-state index contributed by atoms with van der Waals surface area (Å²) in [6, 6.07) is 7.46. The van der Waals surface area contributed by atoms with E-state index in [0.29, 0.717) is 19.8 Å². The van der Waals surface area contributed by atoms with E-state index in [-0.39, 0.29) is 5.92 Å². The second-order valence-electron chi connectivity index (χ2n) is 4.41. The number of hydrogen-bond donors (Lipinski definition) is 1. The molecule has 4 nitrogen and oxygen atoms in total. The summed E-state index contributed by atoms with van der Waals surface area (Å²) in [6.45, 7) is 4.23. The van der Waals surface area contributed by atoms with E-state index in [1.807, 2.05) is 31.2 Å². The van der Waals surface area contributed by atoms with Gasteiger partial charge in [0.25, 0.3) is 0 Å². The van der Waals surface area contributed by atoms with Gasteiger partial charge in [-0.25, -0.2) is 0 Å². The fourth-order valence-corrected chi connectivity index (χ4v) is 1.99. The first-order valence-corrected chi connectivity index (χ1v) is 6.41. The molecule has 1 aliphatic rings. The van der Waals surface area contributed by atoms with Crippen LogP contribution in [-0.4, -0.2) is 37.6 Å². The zero-order valence-corrected chi connectivity index (χ0v) is 10.7. The van der Waals surface area contributed by atoms with Crippen molar-refractivity contribution in [3.63, 3.8) is 0 Å². The van der Waals surface area contributed by atoms with E-state index < -0.39 is 6.10 Å². The topological polar surface area (TPSA) is 47.9 Å². The maximum Gasteiger partial charge on any atom is 0.123 e. The molecule has 100 valence electrons. The van der Waals surface area contributed by atoms with Gasteiger partial charge in [0, 0.05) is 18.6 Å². The summed E-state index contributed by atoms with van der Waals surface area (Å²) >= 11 is 0. The van der Waals surface area contributed by atoms with Crippen LogP contribution in [-0.2, 0) is 4.74 Å². The Morgan fingerprint density at radius 1 is 1.39 bits per heavy atom. The highest BCUT2D eigenvalue weighted by atomic mass is 16.5. The van der Waals surface area contributed by atoms with Crippen molar-refractivity contribution >= 4 is 0 Å². The maximum absolute atomic E-state index is 9.95. The average Bonchev–Trinajstić information content (AvgIpc) is 2.91. The summed E-state index contributed by atoms with van der Waals surface area (Å²) in [5, 5.41) is 9.95. The predicted octanol–water partition coefficient (Wildman–Crippen LogP) is 1.86. The standard InChI is InChI=1S/C14H20O4/c1-2-17-12-4-3-5-13(8-12)18-10-14(15)11-6-7-16-9-11/h3-5,8,11,14-15H,2,6-7,9-10H2,1H3. The third-order valence-corrected chi connectivity index (χ3v) is 3.05. The fraction of sp³-hybridized carbons (Fsp3) is 0.571. The number of aliphatic hydroxyl groups excluding tert-OH is 1. The Kier molecular flexibility index (Phi) is 4.84. The molecule has 1 aromatic carbocycles. The molecule has 1 saturated heterocycles. The van der Waals surface area contributed by atoms with Crippen molar-refractivity contribution in [3.05, 3.63) is 24.3 Å². The van der Waals surface area contributed by atoms with Gasteiger partial charge in [-0.15, -0.1) is 0 Å². The van der Waals surface area contributed by atoms with Crippen LogP contribution in [0.1, 0.15) is 13.3 Å². The van der Waals surface area contributed by atoms with Gasteiger partial charge < -0.3 is 19.3 Å². The fourth-order valence-electron chi connectivity index (χ4n) is 1.99. The molecule has 1 aromatic rings. The molecule has 0 radical (unpaired) electrons. The zero-order valence-electron chi connectivity index (χ0n) is 10.7. The second kappa shape index (κ2) is 6.61. The summed E-state index contributed by atoms with van der Waals surface area (Å²) in [5.41, 5.74) is 0. The van der Waals surface area contributed by atoms with E-state index in [0.717, 1.165) is 24.5 Å². The molecule has 2 atom stereocenters. The quantitative estimate of drug-likeness (QED) is 0.839. The first-order valence-electron chi connectivity index (χ1n) is 6.41. The molecule has 2 rings (SSSR count). The smallest absolute Gasteiger partial charge is 0.123 e. The van der Waals surface area contributed by atoms with E-state index in [1.165, 1.54) is 0 Å². The first kappa shape index (κ1) is 13.2. The van der Waals surface area contributed by atoms with Crippen molar-refractivity contribution in [1.82, 2.24) is 0 Å². The molecule has 0 amide bonds. The predicted molar refractivity (Wildman–Crippen MR) is 68.0 cm³/mol. The lowest BCUT2D eigenvalue weighted by molar-refractivity contribution is 0.0498. The van der Waals surface area contributed by atoms with Crippen LogP contribution >= 0.6 is 0 Å². The highest BCUT2D eigenvalue weighted by Gasteiger charge is 2.24. The number of rotatable bonds is 6. The highest BCUT2D eigenvalue weighted by molar-refractivity contribution is 5.32.